The number of benzene rings is 1. The maximum Gasteiger partial charge on any atom is 0.243 e. The summed E-state index contributed by atoms with van der Waals surface area (Å²) in [6.45, 7) is 1.07. The molecule has 1 aromatic heterocycles. The highest BCUT2D eigenvalue weighted by atomic mass is 16.5. The van der Waals surface area contributed by atoms with Crippen molar-refractivity contribution >= 4 is 0 Å². The Morgan fingerprint density at radius 1 is 1.35 bits per heavy atom. The molecule has 1 saturated heterocycles. The van der Waals surface area contributed by atoms with Crippen molar-refractivity contribution in [3.8, 4) is 5.75 Å². The molecule has 0 radical (unpaired) electrons. The third kappa shape index (κ3) is 3.15. The zero-order valence-corrected chi connectivity index (χ0v) is 11.0. The standard InChI is InChI=1S/C14H17N3O3/c18-10-8-12(15-9-10)14-16-13(17-20-14)6-7-19-11-4-2-1-3-5-11/h1-5,10,12,15,18H,6-9H2/t10-,12+/m0/s1. The van der Waals surface area contributed by atoms with E-state index >= 15 is 0 Å². The predicted molar refractivity (Wildman–Crippen MR) is 71.3 cm³/mol. The van der Waals surface area contributed by atoms with Crippen LogP contribution in [0.1, 0.15) is 24.2 Å². The molecule has 6 heteroatoms. The highest BCUT2D eigenvalue weighted by Gasteiger charge is 2.27. The Labute approximate surface area is 116 Å². The predicted octanol–water partition coefficient (Wildman–Crippen LogP) is 1.09. The fraction of sp³-hybridized carbons (Fsp3) is 0.429. The minimum atomic E-state index is -0.336. The molecule has 6 nitrogen and oxygen atoms in total. The Kier molecular flexibility index (Phi) is 3.94. The first kappa shape index (κ1) is 13.1. The van der Waals surface area contributed by atoms with Crippen molar-refractivity contribution in [2.45, 2.75) is 25.0 Å². The maximum absolute atomic E-state index is 9.46. The molecule has 2 heterocycles. The molecule has 3 rings (SSSR count). The number of hydrogen-bond acceptors (Lipinski definition) is 6. The lowest BCUT2D eigenvalue weighted by molar-refractivity contribution is 0.191. The van der Waals surface area contributed by atoms with Gasteiger partial charge in [-0.2, -0.15) is 4.98 Å². The van der Waals surface area contributed by atoms with Gasteiger partial charge in [0.15, 0.2) is 5.82 Å². The molecule has 1 aliphatic rings. The summed E-state index contributed by atoms with van der Waals surface area (Å²) in [5.74, 6) is 1.99. The van der Waals surface area contributed by atoms with E-state index in [0.717, 1.165) is 5.75 Å². The quantitative estimate of drug-likeness (QED) is 0.850. The molecule has 0 unspecified atom stereocenters. The lowest BCUT2D eigenvalue weighted by Crippen LogP contribution is -2.15. The van der Waals surface area contributed by atoms with Gasteiger partial charge in [-0.3, -0.25) is 0 Å². The normalized spacial score (nSPS) is 22.1. The van der Waals surface area contributed by atoms with Gasteiger partial charge in [-0.15, -0.1) is 0 Å². The lowest BCUT2D eigenvalue weighted by Gasteiger charge is -2.03. The fourth-order valence-electron chi connectivity index (χ4n) is 2.19. The highest BCUT2D eigenvalue weighted by Crippen LogP contribution is 2.21. The van der Waals surface area contributed by atoms with Gasteiger partial charge in [0.25, 0.3) is 0 Å². The molecule has 0 amide bonds. The van der Waals surface area contributed by atoms with E-state index in [-0.39, 0.29) is 12.1 Å². The molecule has 0 saturated carbocycles. The molecule has 2 aromatic rings. The Bertz CT molecular complexity index is 544. The first-order chi connectivity index (χ1) is 9.81. The van der Waals surface area contributed by atoms with Gasteiger partial charge in [0.05, 0.1) is 18.8 Å². The molecule has 2 N–H and O–H groups in total. The summed E-state index contributed by atoms with van der Waals surface area (Å²) in [5.41, 5.74) is 0. The van der Waals surface area contributed by atoms with Crippen molar-refractivity contribution in [3.63, 3.8) is 0 Å². The van der Waals surface area contributed by atoms with Crippen LogP contribution in [0.5, 0.6) is 5.75 Å². The van der Waals surface area contributed by atoms with E-state index in [0.29, 0.717) is 37.7 Å². The molecule has 1 aromatic carbocycles. The number of β-amino-alcohol motifs (C(OH)–C–C–N with tert-alkyl or cyclic N) is 1. The summed E-state index contributed by atoms with van der Waals surface area (Å²) in [7, 11) is 0. The van der Waals surface area contributed by atoms with Crippen LogP contribution in [0.4, 0.5) is 0 Å². The maximum atomic E-state index is 9.46. The molecule has 106 valence electrons. The van der Waals surface area contributed by atoms with Crippen LogP contribution in [-0.2, 0) is 6.42 Å². The van der Waals surface area contributed by atoms with Crippen LogP contribution in [0, 0.1) is 0 Å². The van der Waals surface area contributed by atoms with Crippen molar-refractivity contribution in [1.29, 1.82) is 0 Å². The Morgan fingerprint density at radius 2 is 2.20 bits per heavy atom. The number of rotatable bonds is 5. The number of nitrogens with one attached hydrogen (secondary N) is 1. The third-order valence-electron chi connectivity index (χ3n) is 3.23. The smallest absolute Gasteiger partial charge is 0.243 e. The van der Waals surface area contributed by atoms with E-state index in [9.17, 15) is 5.11 Å². The Balaban J connectivity index is 1.50. The van der Waals surface area contributed by atoms with Crippen molar-refractivity contribution in [2.75, 3.05) is 13.2 Å². The van der Waals surface area contributed by atoms with E-state index in [1.54, 1.807) is 0 Å². The van der Waals surface area contributed by atoms with Crippen molar-refractivity contribution in [2.24, 2.45) is 0 Å². The summed E-state index contributed by atoms with van der Waals surface area (Å²) >= 11 is 0. The minimum absolute atomic E-state index is 0.0405. The van der Waals surface area contributed by atoms with Gasteiger partial charge in [-0.1, -0.05) is 23.4 Å². The zero-order chi connectivity index (χ0) is 13.8. The summed E-state index contributed by atoms with van der Waals surface area (Å²) in [6, 6.07) is 9.58. The molecule has 0 spiro atoms. The van der Waals surface area contributed by atoms with Gasteiger partial charge >= 0.3 is 0 Å². The van der Waals surface area contributed by atoms with Gasteiger partial charge < -0.3 is 19.7 Å². The van der Waals surface area contributed by atoms with Crippen LogP contribution in [0.25, 0.3) is 0 Å². The second-order valence-corrected chi connectivity index (χ2v) is 4.81. The van der Waals surface area contributed by atoms with Gasteiger partial charge in [-0.05, 0) is 18.6 Å². The lowest BCUT2D eigenvalue weighted by atomic mass is 10.2. The molecule has 0 bridgehead atoms. The van der Waals surface area contributed by atoms with E-state index in [1.165, 1.54) is 0 Å². The van der Waals surface area contributed by atoms with E-state index < -0.39 is 0 Å². The van der Waals surface area contributed by atoms with Gasteiger partial charge in [0.2, 0.25) is 5.89 Å². The van der Waals surface area contributed by atoms with Crippen molar-refractivity contribution < 1.29 is 14.4 Å². The second kappa shape index (κ2) is 6.02. The van der Waals surface area contributed by atoms with Gasteiger partial charge in [0, 0.05) is 13.0 Å². The molecule has 2 atom stereocenters. The van der Waals surface area contributed by atoms with E-state index in [4.69, 9.17) is 9.26 Å². The van der Waals surface area contributed by atoms with Crippen LogP contribution in [0.2, 0.25) is 0 Å². The van der Waals surface area contributed by atoms with Crippen LogP contribution in [0.15, 0.2) is 34.9 Å². The Morgan fingerprint density at radius 3 is 2.95 bits per heavy atom. The van der Waals surface area contributed by atoms with Crippen molar-refractivity contribution in [3.05, 3.63) is 42.0 Å². The van der Waals surface area contributed by atoms with Crippen LogP contribution in [0.3, 0.4) is 0 Å². The molecular weight excluding hydrogens is 258 g/mol. The summed E-state index contributed by atoms with van der Waals surface area (Å²) in [6.07, 6.45) is 0.868. The SMILES string of the molecule is O[C@@H]1CN[C@@H](c2nc(CCOc3ccccc3)no2)C1. The first-order valence-corrected chi connectivity index (χ1v) is 6.73. The zero-order valence-electron chi connectivity index (χ0n) is 11.0. The summed E-state index contributed by atoms with van der Waals surface area (Å²) in [5, 5.41) is 16.5. The third-order valence-corrected chi connectivity index (χ3v) is 3.23. The molecule has 20 heavy (non-hydrogen) atoms. The number of hydrogen-bond donors (Lipinski definition) is 2. The van der Waals surface area contributed by atoms with Gasteiger partial charge in [0.1, 0.15) is 5.75 Å². The van der Waals surface area contributed by atoms with Crippen LogP contribution < -0.4 is 10.1 Å². The molecular formula is C14H17N3O3. The van der Waals surface area contributed by atoms with Gasteiger partial charge in [-0.25, -0.2) is 0 Å². The average Bonchev–Trinajstić information content (AvgIpc) is 3.09. The summed E-state index contributed by atoms with van der Waals surface area (Å²) < 4.78 is 10.8. The van der Waals surface area contributed by atoms with E-state index in [2.05, 4.69) is 15.5 Å². The Hall–Kier alpha value is -1.92. The first-order valence-electron chi connectivity index (χ1n) is 6.73. The monoisotopic (exact) mass is 275 g/mol. The highest BCUT2D eigenvalue weighted by molar-refractivity contribution is 5.20. The number of para-hydroxylation sites is 1. The number of ether oxygens (including phenoxy) is 1. The number of nitrogens with zero attached hydrogens (tertiary/aromatic N) is 2. The largest absolute Gasteiger partial charge is 0.493 e. The molecule has 0 aliphatic carbocycles. The minimum Gasteiger partial charge on any atom is -0.493 e. The van der Waals surface area contributed by atoms with E-state index in [1.807, 2.05) is 30.3 Å². The van der Waals surface area contributed by atoms with Crippen molar-refractivity contribution in [1.82, 2.24) is 15.5 Å². The molecule has 1 fully saturated rings. The number of aliphatic hydroxyl groups is 1. The topological polar surface area (TPSA) is 80.4 Å². The summed E-state index contributed by atoms with van der Waals surface area (Å²) in [4.78, 5) is 4.33. The fourth-order valence-corrected chi connectivity index (χ4v) is 2.19. The second-order valence-electron chi connectivity index (χ2n) is 4.81. The molecule has 1 aliphatic heterocycles. The van der Waals surface area contributed by atoms with Crippen LogP contribution in [-0.4, -0.2) is 34.5 Å². The number of aliphatic hydroxyl groups excluding tert-OH is 1. The number of aromatic nitrogens is 2. The average molecular weight is 275 g/mol. The van der Waals surface area contributed by atoms with Crippen LogP contribution >= 0.6 is 0 Å².